The number of aromatic nitrogens is 2. The number of aliphatic hydroxyl groups excluding tert-OH is 2. The highest BCUT2D eigenvalue weighted by atomic mass is 16.3. The average molecular weight is 501 g/mol. The third kappa shape index (κ3) is 6.48. The molecule has 1 heterocycles. The molecule has 4 heteroatoms. The van der Waals surface area contributed by atoms with Gasteiger partial charge < -0.3 is 10.2 Å². The Morgan fingerprint density at radius 2 is 1.49 bits per heavy atom. The van der Waals surface area contributed by atoms with Crippen molar-refractivity contribution in [2.45, 2.75) is 92.1 Å². The maximum Gasteiger partial charge on any atom is 0.159 e. The summed E-state index contributed by atoms with van der Waals surface area (Å²) in [7, 11) is 0. The number of benzene rings is 2. The lowest BCUT2D eigenvalue weighted by molar-refractivity contribution is 0.0560. The molecule has 0 saturated carbocycles. The van der Waals surface area contributed by atoms with Gasteiger partial charge in [0.1, 0.15) is 0 Å². The molecule has 0 aliphatic rings. The summed E-state index contributed by atoms with van der Waals surface area (Å²) in [6.07, 6.45) is 7.22. The Balaban J connectivity index is 1.90. The van der Waals surface area contributed by atoms with Crippen molar-refractivity contribution in [3.8, 4) is 11.4 Å². The van der Waals surface area contributed by atoms with Gasteiger partial charge in [0, 0.05) is 29.8 Å². The molecule has 0 aliphatic carbocycles. The quantitative estimate of drug-likeness (QED) is 0.279. The minimum Gasteiger partial charge on any atom is -0.513 e. The Kier molecular flexibility index (Phi) is 8.96. The van der Waals surface area contributed by atoms with Crippen molar-refractivity contribution in [3.63, 3.8) is 0 Å². The van der Waals surface area contributed by atoms with E-state index in [-0.39, 0.29) is 22.7 Å². The van der Waals surface area contributed by atoms with E-state index in [1.165, 1.54) is 22.3 Å². The highest BCUT2D eigenvalue weighted by Crippen LogP contribution is 2.41. The van der Waals surface area contributed by atoms with E-state index in [0.29, 0.717) is 12.2 Å². The summed E-state index contributed by atoms with van der Waals surface area (Å²) in [6, 6.07) is 13.6. The predicted molar refractivity (Wildman–Crippen MR) is 154 cm³/mol. The van der Waals surface area contributed by atoms with Crippen molar-refractivity contribution >= 4 is 0 Å². The van der Waals surface area contributed by atoms with Gasteiger partial charge in [-0.2, -0.15) is 0 Å². The van der Waals surface area contributed by atoms with Crippen molar-refractivity contribution in [2.75, 3.05) is 0 Å². The summed E-state index contributed by atoms with van der Waals surface area (Å²) in [5, 5.41) is 19.9. The summed E-state index contributed by atoms with van der Waals surface area (Å²) in [4.78, 5) is 9.08. The van der Waals surface area contributed by atoms with Crippen LogP contribution in [-0.4, -0.2) is 26.3 Å². The van der Waals surface area contributed by atoms with Crippen LogP contribution in [0.3, 0.4) is 0 Å². The lowest BCUT2D eigenvalue weighted by Crippen LogP contribution is -2.27. The van der Waals surface area contributed by atoms with E-state index in [9.17, 15) is 10.2 Å². The average Bonchev–Trinajstić information content (AvgIpc) is 2.84. The fourth-order valence-electron chi connectivity index (χ4n) is 5.27. The standard InChI is InChI=1S/C33H44N2O2/c1-9-33(10-2,27-13-11-26(22(3)17-27)12-16-30(37)32(6,7)8)28-14-15-29(23(4)18-28)31-34-20-25(21-35-31)19-24(5)36/h11,13-15,17-18,20-21,30,36-37H,5,9-10,12,16,19H2,1-4,6-8H3. The summed E-state index contributed by atoms with van der Waals surface area (Å²) in [5.74, 6) is 0.797. The summed E-state index contributed by atoms with van der Waals surface area (Å²) in [6.45, 7) is 18.7. The second-order valence-electron chi connectivity index (χ2n) is 11.5. The summed E-state index contributed by atoms with van der Waals surface area (Å²) < 4.78 is 0. The molecule has 0 radical (unpaired) electrons. The van der Waals surface area contributed by atoms with E-state index in [1.54, 1.807) is 12.4 Å². The van der Waals surface area contributed by atoms with Crippen LogP contribution in [0.5, 0.6) is 0 Å². The van der Waals surface area contributed by atoms with Crippen molar-refractivity contribution < 1.29 is 10.2 Å². The van der Waals surface area contributed by atoms with E-state index in [4.69, 9.17) is 0 Å². The van der Waals surface area contributed by atoms with Crippen molar-refractivity contribution in [1.82, 2.24) is 9.97 Å². The van der Waals surface area contributed by atoms with Gasteiger partial charge in [0.05, 0.1) is 11.9 Å². The third-order valence-electron chi connectivity index (χ3n) is 7.92. The fraction of sp³-hybridized carbons (Fsp3) is 0.455. The number of nitrogens with zero attached hydrogens (tertiary/aromatic N) is 2. The van der Waals surface area contributed by atoms with Gasteiger partial charge in [-0.15, -0.1) is 0 Å². The Labute approximate surface area is 223 Å². The minimum atomic E-state index is -0.312. The third-order valence-corrected chi connectivity index (χ3v) is 7.92. The highest BCUT2D eigenvalue weighted by Gasteiger charge is 2.31. The van der Waals surface area contributed by atoms with Crippen LogP contribution in [-0.2, 0) is 18.3 Å². The molecule has 0 amide bonds. The lowest BCUT2D eigenvalue weighted by Gasteiger charge is -2.34. The Bertz CT molecular complexity index is 1220. The van der Waals surface area contributed by atoms with Gasteiger partial charge in [-0.3, -0.25) is 0 Å². The van der Waals surface area contributed by atoms with Crippen LogP contribution in [0.15, 0.2) is 61.1 Å². The van der Waals surface area contributed by atoms with Gasteiger partial charge in [0.15, 0.2) is 5.82 Å². The van der Waals surface area contributed by atoms with Gasteiger partial charge in [-0.05, 0) is 78.3 Å². The second kappa shape index (κ2) is 11.6. The molecule has 37 heavy (non-hydrogen) atoms. The number of aliphatic hydroxyl groups is 2. The molecule has 3 rings (SSSR count). The number of rotatable bonds is 10. The highest BCUT2D eigenvalue weighted by molar-refractivity contribution is 5.61. The SMILES string of the molecule is C=C(O)Cc1cnc(-c2ccc(C(CC)(CC)c3ccc(CCC(O)C(C)(C)C)c(C)c3)cc2C)nc1. The first-order valence-electron chi connectivity index (χ1n) is 13.5. The van der Waals surface area contributed by atoms with E-state index in [0.717, 1.165) is 42.4 Å². The van der Waals surface area contributed by atoms with E-state index in [2.05, 4.69) is 101 Å². The van der Waals surface area contributed by atoms with Crippen molar-refractivity contribution in [1.29, 1.82) is 0 Å². The van der Waals surface area contributed by atoms with Gasteiger partial charge >= 0.3 is 0 Å². The molecule has 1 unspecified atom stereocenters. The molecule has 1 atom stereocenters. The molecule has 0 spiro atoms. The zero-order valence-electron chi connectivity index (χ0n) is 23.7. The van der Waals surface area contributed by atoms with Crippen LogP contribution in [0.25, 0.3) is 11.4 Å². The molecule has 4 nitrogen and oxygen atoms in total. The van der Waals surface area contributed by atoms with Crippen LogP contribution in [0, 0.1) is 19.3 Å². The van der Waals surface area contributed by atoms with Gasteiger partial charge in [-0.25, -0.2) is 9.97 Å². The Hall–Kier alpha value is -2.98. The number of aryl methyl sites for hydroxylation is 3. The predicted octanol–water partition coefficient (Wildman–Crippen LogP) is 7.82. The maximum atomic E-state index is 10.5. The molecule has 0 fully saturated rings. The summed E-state index contributed by atoms with van der Waals surface area (Å²) in [5.41, 5.74) is 8.07. The molecular weight excluding hydrogens is 456 g/mol. The largest absolute Gasteiger partial charge is 0.513 e. The van der Waals surface area contributed by atoms with Crippen LogP contribution >= 0.6 is 0 Å². The lowest BCUT2D eigenvalue weighted by atomic mass is 9.69. The van der Waals surface area contributed by atoms with Crippen LogP contribution in [0.2, 0.25) is 0 Å². The van der Waals surface area contributed by atoms with Crippen molar-refractivity contribution in [2.24, 2.45) is 5.41 Å². The zero-order chi connectivity index (χ0) is 27.4. The molecule has 0 saturated heterocycles. The molecule has 1 aromatic heterocycles. The Morgan fingerprint density at radius 1 is 0.919 bits per heavy atom. The summed E-state index contributed by atoms with van der Waals surface area (Å²) >= 11 is 0. The molecule has 2 aromatic carbocycles. The number of allylic oxidation sites excluding steroid dienone is 1. The smallest absolute Gasteiger partial charge is 0.159 e. The van der Waals surface area contributed by atoms with Gasteiger partial charge in [-0.1, -0.05) is 77.6 Å². The molecular formula is C33H44N2O2. The van der Waals surface area contributed by atoms with Gasteiger partial charge in [0.2, 0.25) is 0 Å². The second-order valence-corrected chi connectivity index (χ2v) is 11.5. The first kappa shape index (κ1) is 28.6. The van der Waals surface area contributed by atoms with Crippen molar-refractivity contribution in [3.05, 3.63) is 94.5 Å². The molecule has 198 valence electrons. The fourth-order valence-corrected chi connectivity index (χ4v) is 5.27. The Morgan fingerprint density at radius 3 is 1.97 bits per heavy atom. The first-order chi connectivity index (χ1) is 17.4. The van der Waals surface area contributed by atoms with E-state index < -0.39 is 0 Å². The van der Waals surface area contributed by atoms with E-state index in [1.807, 2.05) is 0 Å². The zero-order valence-corrected chi connectivity index (χ0v) is 23.7. The van der Waals surface area contributed by atoms with Crippen LogP contribution < -0.4 is 0 Å². The molecule has 2 N–H and O–H groups in total. The molecule has 0 aliphatic heterocycles. The monoisotopic (exact) mass is 500 g/mol. The van der Waals surface area contributed by atoms with Gasteiger partial charge in [0.25, 0.3) is 0 Å². The number of hydrogen-bond donors (Lipinski definition) is 2. The molecule has 0 bridgehead atoms. The maximum absolute atomic E-state index is 10.5. The normalized spacial score (nSPS) is 13.0. The van der Waals surface area contributed by atoms with E-state index >= 15 is 0 Å². The minimum absolute atomic E-state index is 0.0797. The van der Waals surface area contributed by atoms with Crippen LogP contribution in [0.4, 0.5) is 0 Å². The van der Waals surface area contributed by atoms with Crippen LogP contribution in [0.1, 0.15) is 87.3 Å². The topological polar surface area (TPSA) is 66.2 Å². The number of hydrogen-bond acceptors (Lipinski definition) is 4. The molecule has 3 aromatic rings. The first-order valence-corrected chi connectivity index (χ1v) is 13.5.